The maximum atomic E-state index is 12.1. The van der Waals surface area contributed by atoms with Crippen molar-refractivity contribution in [1.82, 2.24) is 9.78 Å². The van der Waals surface area contributed by atoms with Gasteiger partial charge in [0, 0.05) is 17.9 Å². The molecule has 4 nitrogen and oxygen atoms in total. The number of nitrogens with zero attached hydrogens (tertiary/aromatic N) is 2. The van der Waals surface area contributed by atoms with Crippen LogP contribution in [0.4, 0.5) is 5.82 Å². The molecule has 1 N–H and O–H groups in total. The van der Waals surface area contributed by atoms with Gasteiger partial charge in [-0.3, -0.25) is 4.79 Å². The smallest absolute Gasteiger partial charge is 0.226 e. The molecule has 1 unspecified atom stereocenters. The Morgan fingerprint density at radius 1 is 1.18 bits per heavy atom. The van der Waals surface area contributed by atoms with Crippen LogP contribution in [0.5, 0.6) is 0 Å². The van der Waals surface area contributed by atoms with Crippen LogP contribution in [0.3, 0.4) is 0 Å². The van der Waals surface area contributed by atoms with Gasteiger partial charge in [-0.2, -0.15) is 5.10 Å². The van der Waals surface area contributed by atoms with Gasteiger partial charge in [-0.1, -0.05) is 43.2 Å². The van der Waals surface area contributed by atoms with Gasteiger partial charge in [0.1, 0.15) is 5.82 Å². The number of anilines is 1. The molecule has 2 aromatic rings. The molecule has 0 saturated heterocycles. The summed E-state index contributed by atoms with van der Waals surface area (Å²) in [4.78, 5) is 12.1. The monoisotopic (exact) mass is 295 g/mol. The van der Waals surface area contributed by atoms with Crippen molar-refractivity contribution in [3.63, 3.8) is 0 Å². The SMILES string of the molecule is O=C1CC(C2CCCC2)c2cnn(Cc3ccccc3)c2N1. The Balaban J connectivity index is 1.65. The van der Waals surface area contributed by atoms with Gasteiger partial charge in [0.2, 0.25) is 5.91 Å². The maximum absolute atomic E-state index is 12.1. The molecule has 0 radical (unpaired) electrons. The van der Waals surface area contributed by atoms with E-state index in [4.69, 9.17) is 0 Å². The molecule has 1 atom stereocenters. The third-order valence-electron chi connectivity index (χ3n) is 5.07. The van der Waals surface area contributed by atoms with E-state index in [1.54, 1.807) is 0 Å². The van der Waals surface area contributed by atoms with Crippen LogP contribution in [-0.2, 0) is 11.3 Å². The van der Waals surface area contributed by atoms with Crippen molar-refractivity contribution in [3.8, 4) is 0 Å². The summed E-state index contributed by atoms with van der Waals surface area (Å²) in [6.45, 7) is 0.702. The van der Waals surface area contributed by atoms with Crippen LogP contribution < -0.4 is 5.32 Å². The molecule has 4 rings (SSSR count). The Kier molecular flexibility index (Phi) is 3.45. The highest BCUT2D eigenvalue weighted by Crippen LogP contribution is 2.44. The van der Waals surface area contributed by atoms with Crippen LogP contribution in [0.15, 0.2) is 36.5 Å². The van der Waals surface area contributed by atoms with Gasteiger partial charge in [0.15, 0.2) is 0 Å². The van der Waals surface area contributed by atoms with E-state index in [1.807, 2.05) is 29.1 Å². The van der Waals surface area contributed by atoms with Crippen LogP contribution in [0.2, 0.25) is 0 Å². The zero-order valence-corrected chi connectivity index (χ0v) is 12.7. The Morgan fingerprint density at radius 3 is 2.73 bits per heavy atom. The average molecular weight is 295 g/mol. The van der Waals surface area contributed by atoms with Crippen molar-refractivity contribution in [3.05, 3.63) is 47.7 Å². The fourth-order valence-electron chi connectivity index (χ4n) is 3.96. The van der Waals surface area contributed by atoms with Crippen LogP contribution in [0.25, 0.3) is 0 Å². The largest absolute Gasteiger partial charge is 0.311 e. The quantitative estimate of drug-likeness (QED) is 0.941. The Morgan fingerprint density at radius 2 is 1.95 bits per heavy atom. The molecule has 1 aliphatic heterocycles. The molecule has 4 heteroatoms. The van der Waals surface area contributed by atoms with Gasteiger partial charge < -0.3 is 5.32 Å². The van der Waals surface area contributed by atoms with E-state index < -0.39 is 0 Å². The lowest BCUT2D eigenvalue weighted by Gasteiger charge is -2.27. The van der Waals surface area contributed by atoms with E-state index in [9.17, 15) is 4.79 Å². The van der Waals surface area contributed by atoms with Crippen molar-refractivity contribution in [1.29, 1.82) is 0 Å². The number of carbonyl (C=O) groups is 1. The fourth-order valence-corrected chi connectivity index (χ4v) is 3.96. The van der Waals surface area contributed by atoms with Crippen LogP contribution in [0, 0.1) is 5.92 Å². The summed E-state index contributed by atoms with van der Waals surface area (Å²) in [5, 5.41) is 7.59. The first-order valence-corrected chi connectivity index (χ1v) is 8.21. The zero-order valence-electron chi connectivity index (χ0n) is 12.7. The van der Waals surface area contributed by atoms with Crippen molar-refractivity contribution in [2.24, 2.45) is 5.92 Å². The van der Waals surface area contributed by atoms with Crippen LogP contribution >= 0.6 is 0 Å². The first kappa shape index (κ1) is 13.6. The molecular formula is C18H21N3O. The predicted molar refractivity (Wildman–Crippen MR) is 85.7 cm³/mol. The molecule has 1 aromatic heterocycles. The number of hydrogen-bond acceptors (Lipinski definition) is 2. The van der Waals surface area contributed by atoms with Crippen molar-refractivity contribution < 1.29 is 4.79 Å². The first-order valence-electron chi connectivity index (χ1n) is 8.21. The predicted octanol–water partition coefficient (Wildman–Crippen LogP) is 3.55. The first-order chi connectivity index (χ1) is 10.8. The number of fused-ring (bicyclic) bond motifs is 1. The van der Waals surface area contributed by atoms with E-state index in [1.165, 1.54) is 36.8 Å². The van der Waals surface area contributed by atoms with Gasteiger partial charge in [0.05, 0.1) is 12.7 Å². The summed E-state index contributed by atoms with van der Waals surface area (Å²) < 4.78 is 1.93. The highest BCUT2D eigenvalue weighted by molar-refractivity contribution is 5.93. The Bertz CT molecular complexity index is 671. The molecule has 1 fully saturated rings. The minimum atomic E-state index is 0.138. The molecule has 1 saturated carbocycles. The molecule has 0 bridgehead atoms. The molecule has 2 heterocycles. The number of amides is 1. The van der Waals surface area contributed by atoms with Gasteiger partial charge in [-0.15, -0.1) is 0 Å². The molecule has 22 heavy (non-hydrogen) atoms. The highest BCUT2D eigenvalue weighted by atomic mass is 16.1. The molecule has 1 aliphatic carbocycles. The number of carbonyl (C=O) groups excluding carboxylic acids is 1. The normalized spacial score (nSPS) is 21.6. The van der Waals surface area contributed by atoms with Crippen molar-refractivity contribution in [2.75, 3.05) is 5.32 Å². The second kappa shape index (κ2) is 5.59. The van der Waals surface area contributed by atoms with Gasteiger partial charge in [-0.05, 0) is 24.3 Å². The molecular weight excluding hydrogens is 274 g/mol. The molecule has 0 spiro atoms. The summed E-state index contributed by atoms with van der Waals surface area (Å²) in [7, 11) is 0. The maximum Gasteiger partial charge on any atom is 0.226 e. The minimum Gasteiger partial charge on any atom is -0.311 e. The van der Waals surface area contributed by atoms with Crippen LogP contribution in [0.1, 0.15) is 49.1 Å². The topological polar surface area (TPSA) is 46.9 Å². The second-order valence-corrected chi connectivity index (χ2v) is 6.50. The van der Waals surface area contributed by atoms with E-state index in [2.05, 4.69) is 22.5 Å². The number of aromatic nitrogens is 2. The number of benzene rings is 1. The average Bonchev–Trinajstić information content (AvgIpc) is 3.18. The number of nitrogens with one attached hydrogen (secondary N) is 1. The van der Waals surface area contributed by atoms with E-state index >= 15 is 0 Å². The molecule has 114 valence electrons. The number of rotatable bonds is 3. The zero-order chi connectivity index (χ0) is 14.9. The summed E-state index contributed by atoms with van der Waals surface area (Å²) in [6, 6.07) is 10.3. The highest BCUT2D eigenvalue weighted by Gasteiger charge is 2.35. The summed E-state index contributed by atoms with van der Waals surface area (Å²) in [5.74, 6) is 2.06. The molecule has 2 aliphatic rings. The van der Waals surface area contributed by atoms with Crippen molar-refractivity contribution >= 4 is 11.7 Å². The lowest BCUT2D eigenvalue weighted by molar-refractivity contribution is -0.117. The second-order valence-electron chi connectivity index (χ2n) is 6.50. The van der Waals surface area contributed by atoms with Gasteiger partial charge in [-0.25, -0.2) is 4.68 Å². The Labute approximate surface area is 130 Å². The Hall–Kier alpha value is -2.10. The standard InChI is InChI=1S/C18H21N3O/c22-17-10-15(14-8-4-5-9-14)16-11-19-21(18(16)20-17)12-13-6-2-1-3-7-13/h1-3,6-7,11,14-15H,4-5,8-10,12H2,(H,20,22). The van der Waals surface area contributed by atoms with E-state index in [0.29, 0.717) is 24.8 Å². The van der Waals surface area contributed by atoms with E-state index in [-0.39, 0.29) is 5.91 Å². The fraction of sp³-hybridized carbons (Fsp3) is 0.444. The third-order valence-corrected chi connectivity index (χ3v) is 5.07. The summed E-state index contributed by atoms with van der Waals surface area (Å²) in [6.07, 6.45) is 7.70. The minimum absolute atomic E-state index is 0.138. The summed E-state index contributed by atoms with van der Waals surface area (Å²) in [5.41, 5.74) is 2.44. The van der Waals surface area contributed by atoms with E-state index in [0.717, 1.165) is 5.82 Å². The van der Waals surface area contributed by atoms with Crippen molar-refractivity contribution in [2.45, 2.75) is 44.6 Å². The third kappa shape index (κ3) is 2.43. The summed E-state index contributed by atoms with van der Waals surface area (Å²) >= 11 is 0. The number of hydrogen-bond donors (Lipinski definition) is 1. The van der Waals surface area contributed by atoms with Gasteiger partial charge in [0.25, 0.3) is 0 Å². The van der Waals surface area contributed by atoms with Gasteiger partial charge >= 0.3 is 0 Å². The lowest BCUT2D eigenvalue weighted by atomic mass is 9.81. The lowest BCUT2D eigenvalue weighted by Crippen LogP contribution is -2.27. The molecule has 1 aromatic carbocycles. The molecule has 1 amide bonds. The van der Waals surface area contributed by atoms with Crippen LogP contribution in [-0.4, -0.2) is 15.7 Å².